The number of ether oxygens (including phenoxy) is 2. The van der Waals surface area contributed by atoms with Gasteiger partial charge in [0.15, 0.2) is 29.0 Å². The van der Waals surface area contributed by atoms with Crippen LogP contribution in [0, 0.1) is 0 Å². The summed E-state index contributed by atoms with van der Waals surface area (Å²) in [7, 11) is 3.05. The number of nitrogens with zero attached hydrogens (tertiary/aromatic N) is 3. The Balaban J connectivity index is 1.74. The Bertz CT molecular complexity index is 1260. The summed E-state index contributed by atoms with van der Waals surface area (Å²) in [4.78, 5) is 33.4. The van der Waals surface area contributed by atoms with Crippen molar-refractivity contribution >= 4 is 35.1 Å². The number of nitrogens with two attached hydrogens (primary N) is 2. The van der Waals surface area contributed by atoms with Crippen molar-refractivity contribution < 1.29 is 23.5 Å². The average molecular weight is 598 g/mol. The van der Waals surface area contributed by atoms with Gasteiger partial charge in [0.25, 0.3) is 5.91 Å². The first-order valence-corrected chi connectivity index (χ1v) is 14.6. The van der Waals surface area contributed by atoms with E-state index in [4.69, 9.17) is 32.5 Å². The third kappa shape index (κ3) is 9.60. The fourth-order valence-electron chi connectivity index (χ4n) is 4.98. The molecule has 0 bridgehead atoms. The number of hydrogen-bond donors (Lipinski definition) is 3. The van der Waals surface area contributed by atoms with E-state index < -0.39 is 5.91 Å². The number of halogens is 1. The average Bonchev–Trinajstić information content (AvgIpc) is 2.99. The molecule has 0 spiro atoms. The third-order valence-corrected chi connectivity index (χ3v) is 7.75. The maximum atomic E-state index is 12.9. The molecule has 1 amide bonds. The molecule has 11 heteroatoms. The largest absolute Gasteiger partial charge is 0.497 e. The molecule has 10 nitrogen and oxygen atoms in total. The number of nitrogen functional groups attached to an aromatic ring is 2. The highest BCUT2D eigenvalue weighted by molar-refractivity contribution is 6.31. The number of amides is 1. The topological polar surface area (TPSA) is 142 Å². The molecule has 3 rings (SSSR count). The van der Waals surface area contributed by atoms with Crippen LogP contribution in [0.25, 0.3) is 0 Å². The lowest BCUT2D eigenvalue weighted by molar-refractivity contribution is -0.920. The highest BCUT2D eigenvalue weighted by atomic mass is 35.5. The molecule has 0 radical (unpaired) electrons. The Labute approximate surface area is 253 Å². The molecule has 1 aromatic heterocycles. The number of carbonyl (C=O) groups excluding carboxylic acids is 2. The van der Waals surface area contributed by atoms with Crippen LogP contribution in [-0.4, -0.2) is 73.3 Å². The van der Waals surface area contributed by atoms with Crippen molar-refractivity contribution in [2.75, 3.05) is 58.4 Å². The molecule has 0 saturated heterocycles. The van der Waals surface area contributed by atoms with Crippen molar-refractivity contribution in [3.63, 3.8) is 0 Å². The van der Waals surface area contributed by atoms with Gasteiger partial charge in [-0.3, -0.25) is 4.79 Å². The van der Waals surface area contributed by atoms with Gasteiger partial charge in [0.1, 0.15) is 5.75 Å². The maximum absolute atomic E-state index is 12.9. The second-order valence-corrected chi connectivity index (χ2v) is 10.7. The van der Waals surface area contributed by atoms with Crippen LogP contribution in [0.15, 0.2) is 48.5 Å². The summed E-state index contributed by atoms with van der Waals surface area (Å²) in [5.41, 5.74) is 15.2. The summed E-state index contributed by atoms with van der Waals surface area (Å²) < 4.78 is 10.8. The molecule has 0 aliphatic rings. The van der Waals surface area contributed by atoms with Crippen molar-refractivity contribution in [3.05, 3.63) is 76.1 Å². The van der Waals surface area contributed by atoms with Gasteiger partial charge >= 0.3 is 5.97 Å². The van der Waals surface area contributed by atoms with Crippen molar-refractivity contribution in [2.24, 2.45) is 0 Å². The van der Waals surface area contributed by atoms with E-state index >= 15 is 0 Å². The summed E-state index contributed by atoms with van der Waals surface area (Å²) in [5.74, 6) is -0.130. The van der Waals surface area contributed by atoms with E-state index in [1.54, 1.807) is 7.11 Å². The molecule has 1 heterocycles. The van der Waals surface area contributed by atoms with Gasteiger partial charge in [0.05, 0.1) is 40.4 Å². The molecule has 3 aromatic rings. The predicted octanol–water partition coefficient (Wildman–Crippen LogP) is 3.85. The van der Waals surface area contributed by atoms with Gasteiger partial charge in [0.2, 0.25) is 0 Å². The fourth-order valence-corrected chi connectivity index (χ4v) is 5.11. The smallest absolute Gasteiger partial charge is 0.361 e. The summed E-state index contributed by atoms with van der Waals surface area (Å²) in [6.45, 7) is 4.58. The highest BCUT2D eigenvalue weighted by Crippen LogP contribution is 2.19. The summed E-state index contributed by atoms with van der Waals surface area (Å²) in [6, 6.07) is 16.7. The lowest BCUT2D eigenvalue weighted by Crippen LogP contribution is -2.56. The molecule has 2 aromatic carbocycles. The Kier molecular flexibility index (Phi) is 12.4. The van der Waals surface area contributed by atoms with E-state index in [-0.39, 0.29) is 41.5 Å². The zero-order valence-corrected chi connectivity index (χ0v) is 25.5. The molecule has 1 unspecified atom stereocenters. The molecular formula is C31H42ClN6O4+. The number of hydrogen-bond acceptors (Lipinski definition) is 8. The fraction of sp³-hybridized carbons (Fsp3) is 0.419. The minimum absolute atomic E-state index is 0.0410. The van der Waals surface area contributed by atoms with Gasteiger partial charge < -0.3 is 30.7 Å². The van der Waals surface area contributed by atoms with Crippen LogP contribution in [0.4, 0.5) is 11.6 Å². The Hall–Kier alpha value is -3.89. The Morgan fingerprint density at radius 1 is 0.857 bits per heavy atom. The normalized spacial score (nSPS) is 12.4. The molecule has 0 fully saturated rings. The zero-order valence-electron chi connectivity index (χ0n) is 24.7. The molecule has 0 aliphatic heterocycles. The number of carbonyl (C=O) groups is 2. The van der Waals surface area contributed by atoms with Gasteiger partial charge in [-0.25, -0.2) is 14.8 Å². The lowest BCUT2D eigenvalue weighted by atomic mass is 10.0. The van der Waals surface area contributed by atoms with E-state index in [1.807, 2.05) is 12.1 Å². The highest BCUT2D eigenvalue weighted by Gasteiger charge is 2.31. The van der Waals surface area contributed by atoms with Gasteiger partial charge in [0, 0.05) is 12.8 Å². The van der Waals surface area contributed by atoms with Crippen LogP contribution in [0.1, 0.15) is 46.9 Å². The summed E-state index contributed by atoms with van der Waals surface area (Å²) in [6.07, 6.45) is 4.43. The number of aromatic nitrogens is 2. The van der Waals surface area contributed by atoms with Gasteiger partial charge in [-0.1, -0.05) is 54.9 Å². The van der Waals surface area contributed by atoms with Crippen LogP contribution in [0.3, 0.4) is 0 Å². The lowest BCUT2D eigenvalue weighted by Gasteiger charge is -2.38. The molecule has 5 N–H and O–H groups in total. The minimum atomic E-state index is -0.507. The number of benzene rings is 2. The van der Waals surface area contributed by atoms with Crippen molar-refractivity contribution in [1.82, 2.24) is 15.3 Å². The number of anilines is 2. The number of methoxy groups -OCH3 is 2. The van der Waals surface area contributed by atoms with E-state index in [0.29, 0.717) is 11.0 Å². The second-order valence-electron chi connectivity index (χ2n) is 10.4. The Morgan fingerprint density at radius 2 is 1.43 bits per heavy atom. The molecular weight excluding hydrogens is 556 g/mol. The monoisotopic (exact) mass is 597 g/mol. The van der Waals surface area contributed by atoms with Crippen molar-refractivity contribution in [2.45, 2.75) is 39.0 Å². The van der Waals surface area contributed by atoms with E-state index in [1.165, 1.54) is 23.8 Å². The van der Waals surface area contributed by atoms with Gasteiger partial charge in [-0.05, 0) is 48.1 Å². The van der Waals surface area contributed by atoms with E-state index in [2.05, 4.69) is 58.6 Å². The SMILES string of the molecule is CCc1ccc(CCC[N+](CCCc2ccc(OC)cc2)(CCNC(=O)c2nc(Cl)c(N)nc2N)CC(=O)OC)cc1. The first-order valence-electron chi connectivity index (χ1n) is 14.2. The number of nitrogens with one attached hydrogen (secondary N) is 1. The van der Waals surface area contributed by atoms with Gasteiger partial charge in [-0.2, -0.15) is 0 Å². The number of aryl methyl sites for hydroxylation is 3. The van der Waals surface area contributed by atoms with Gasteiger partial charge in [-0.15, -0.1) is 0 Å². The van der Waals surface area contributed by atoms with Crippen LogP contribution in [0.2, 0.25) is 5.15 Å². The number of rotatable bonds is 16. The van der Waals surface area contributed by atoms with Crippen LogP contribution < -0.4 is 21.5 Å². The summed E-state index contributed by atoms with van der Waals surface area (Å²) >= 11 is 5.96. The van der Waals surface area contributed by atoms with Crippen LogP contribution in [0.5, 0.6) is 5.75 Å². The van der Waals surface area contributed by atoms with Crippen molar-refractivity contribution in [3.8, 4) is 5.75 Å². The third-order valence-electron chi connectivity index (χ3n) is 7.47. The van der Waals surface area contributed by atoms with Crippen LogP contribution in [-0.2, 0) is 28.8 Å². The minimum Gasteiger partial charge on any atom is -0.497 e. The molecule has 226 valence electrons. The standard InChI is InChI=1S/C31H41ClN6O4/c1-4-22-9-11-23(12-10-22)7-5-18-38(21-26(39)42-3,19-6-8-24-13-15-25(41-2)16-14-24)20-17-35-31(40)27-29(33)37-30(34)28(32)36-27/h9-16H,4-8,17-21H2,1-3H3,(H4-,33,34,35,37,40)/p+1. The van der Waals surface area contributed by atoms with E-state index in [9.17, 15) is 9.59 Å². The second kappa shape index (κ2) is 15.9. The molecule has 0 saturated carbocycles. The first-order chi connectivity index (χ1) is 20.2. The molecule has 42 heavy (non-hydrogen) atoms. The zero-order chi connectivity index (χ0) is 30.5. The van der Waals surface area contributed by atoms with Crippen LogP contribution >= 0.6 is 11.6 Å². The maximum Gasteiger partial charge on any atom is 0.361 e. The molecule has 1 atom stereocenters. The number of quaternary nitrogens is 1. The summed E-state index contributed by atoms with van der Waals surface area (Å²) in [5, 5.41) is 2.78. The quantitative estimate of drug-likeness (QED) is 0.167. The molecule has 0 aliphatic carbocycles. The Morgan fingerprint density at radius 3 is 1.98 bits per heavy atom. The predicted molar refractivity (Wildman–Crippen MR) is 165 cm³/mol. The number of esters is 1. The van der Waals surface area contributed by atoms with E-state index in [0.717, 1.165) is 50.9 Å². The first kappa shape index (κ1) is 32.6. The van der Waals surface area contributed by atoms with Crippen molar-refractivity contribution in [1.29, 1.82) is 0 Å².